The molecule has 1 aromatic rings. The van der Waals surface area contributed by atoms with Gasteiger partial charge >= 0.3 is 0 Å². The van der Waals surface area contributed by atoms with Gasteiger partial charge in [-0.25, -0.2) is 0 Å². The first-order valence-corrected chi connectivity index (χ1v) is 11.8. The molecule has 190 valence electrons. The number of rotatable bonds is 5. The largest absolute Gasteiger partial charge is 0.512 e. The number of para-hydroxylation sites is 1. The Kier molecular flexibility index (Phi) is 33.7. The van der Waals surface area contributed by atoms with Crippen LogP contribution in [-0.4, -0.2) is 38.0 Å². The van der Waals surface area contributed by atoms with E-state index in [2.05, 4.69) is 62.3 Å². The summed E-state index contributed by atoms with van der Waals surface area (Å²) in [7, 11) is 0. The second-order valence-electron chi connectivity index (χ2n) is 6.88. The third kappa shape index (κ3) is 21.1. The third-order valence-electron chi connectivity index (χ3n) is 4.41. The molecule has 0 spiro atoms. The smallest absolute Gasteiger partial charge is 0.106 e. The van der Waals surface area contributed by atoms with Crippen molar-refractivity contribution in [3.05, 3.63) is 52.3 Å². The molecule has 2 N–H and O–H groups in total. The van der Waals surface area contributed by atoms with Crippen molar-refractivity contribution in [2.45, 2.75) is 88.0 Å². The van der Waals surface area contributed by atoms with Crippen molar-refractivity contribution >= 4 is 25.5 Å². The number of hydrogen-bond acceptors (Lipinski definition) is 5. The minimum Gasteiger partial charge on any atom is -0.512 e. The maximum atomic E-state index is 9.19. The van der Waals surface area contributed by atoms with Gasteiger partial charge in [0.1, 0.15) is 13.6 Å². The summed E-state index contributed by atoms with van der Waals surface area (Å²) in [5, 5.41) is 12.5. The molecule has 1 aliphatic carbocycles. The van der Waals surface area contributed by atoms with Gasteiger partial charge in [0, 0.05) is 12.6 Å². The number of benzene rings is 1. The van der Waals surface area contributed by atoms with Crippen LogP contribution in [0.5, 0.6) is 0 Å². The van der Waals surface area contributed by atoms with E-state index in [1.165, 1.54) is 42.6 Å². The highest BCUT2D eigenvalue weighted by atomic mass is 16.3. The monoisotopic (exact) mass is 462 g/mol. The van der Waals surface area contributed by atoms with Crippen LogP contribution in [0.1, 0.15) is 85.3 Å². The Labute approximate surface area is 204 Å². The van der Waals surface area contributed by atoms with Crippen LogP contribution in [0.15, 0.2) is 46.2 Å². The van der Waals surface area contributed by atoms with E-state index >= 15 is 0 Å². The van der Waals surface area contributed by atoms with Gasteiger partial charge in [0.25, 0.3) is 0 Å². The van der Waals surface area contributed by atoms with Crippen molar-refractivity contribution in [3.8, 4) is 0 Å². The number of carbonyl (C=O) groups is 2. The molecule has 0 saturated carbocycles. The zero-order valence-electron chi connectivity index (χ0n) is 22.8. The number of allylic oxidation sites excluding steroid dienone is 4. The van der Waals surface area contributed by atoms with E-state index in [1.54, 1.807) is 0 Å². The van der Waals surface area contributed by atoms with Crippen LogP contribution < -0.4 is 5.32 Å². The van der Waals surface area contributed by atoms with Crippen molar-refractivity contribution in [2.75, 3.05) is 13.1 Å². The molecule has 0 amide bonds. The quantitative estimate of drug-likeness (QED) is 0.348. The van der Waals surface area contributed by atoms with Gasteiger partial charge in [-0.2, -0.15) is 0 Å². The minimum absolute atomic E-state index is 0.565. The average molecular weight is 463 g/mol. The van der Waals surface area contributed by atoms with E-state index in [-0.39, 0.29) is 0 Å². The Morgan fingerprint density at radius 3 is 1.76 bits per heavy atom. The van der Waals surface area contributed by atoms with Crippen molar-refractivity contribution < 1.29 is 14.7 Å². The number of aliphatic hydroxyl groups is 1. The van der Waals surface area contributed by atoms with Crippen molar-refractivity contribution in [2.24, 2.45) is 4.99 Å². The van der Waals surface area contributed by atoms with Gasteiger partial charge in [0.15, 0.2) is 0 Å². The van der Waals surface area contributed by atoms with Gasteiger partial charge in [-0.3, -0.25) is 4.99 Å². The molecule has 0 heterocycles. The van der Waals surface area contributed by atoms with Crippen LogP contribution >= 0.6 is 0 Å². The van der Waals surface area contributed by atoms with Crippen molar-refractivity contribution in [1.29, 1.82) is 0 Å². The molecule has 0 unspecified atom stereocenters. The molecular formula is C28H50N2O3. The number of nitrogens with one attached hydrogen (secondary N) is 1. The lowest BCUT2D eigenvalue weighted by Gasteiger charge is -2.10. The zero-order chi connectivity index (χ0) is 26.7. The molecule has 33 heavy (non-hydrogen) atoms. The Hall–Kier alpha value is -2.53. The molecule has 0 saturated heterocycles. The second kappa shape index (κ2) is 29.5. The number of aryl methyl sites for hydroxylation is 2. The van der Waals surface area contributed by atoms with Gasteiger partial charge in [0.2, 0.25) is 0 Å². The summed E-state index contributed by atoms with van der Waals surface area (Å²) in [6.07, 6.45) is 8.31. The highest BCUT2D eigenvalue weighted by Crippen LogP contribution is 2.22. The van der Waals surface area contributed by atoms with Crippen LogP contribution in [0.2, 0.25) is 0 Å². The molecule has 1 aliphatic rings. The topological polar surface area (TPSA) is 78.8 Å². The van der Waals surface area contributed by atoms with Crippen molar-refractivity contribution in [1.82, 2.24) is 5.32 Å². The van der Waals surface area contributed by atoms with Gasteiger partial charge in [-0.1, -0.05) is 52.0 Å². The fraction of sp³-hybridized carbons (Fsp3) is 0.536. The van der Waals surface area contributed by atoms with Crippen LogP contribution in [0, 0.1) is 13.8 Å². The first-order valence-electron chi connectivity index (χ1n) is 11.8. The minimum atomic E-state index is 0.565. The number of aliphatic hydroxyl groups excluding tert-OH is 1. The number of nitrogens with zero attached hydrogens (tertiary/aromatic N) is 1. The number of aliphatic imine (C=N–C) groups is 1. The van der Waals surface area contributed by atoms with Crippen LogP contribution in [0.25, 0.3) is 0 Å². The fourth-order valence-electron chi connectivity index (χ4n) is 2.61. The Balaban J connectivity index is -0.000000174. The standard InChI is InChI=1S/C10H13N.C8H12O.C6H15N.C2H6.2CH2O/c1-4-11-10-8(2)6-5-7-9(10)3;1-6-4-3-5-8(9)7(6)2;1-3-5-7-6-4-2;3*1-2/h4-7H,1-3H3;4,9H,3,5H2,1-2H3;7H,3-6H2,1-2H3;1-2H3;2*1H2. The molecule has 0 atom stereocenters. The maximum absolute atomic E-state index is 9.19. The summed E-state index contributed by atoms with van der Waals surface area (Å²) in [6, 6.07) is 6.21. The molecule has 0 aromatic heterocycles. The van der Waals surface area contributed by atoms with E-state index in [4.69, 9.17) is 9.59 Å². The van der Waals surface area contributed by atoms with Gasteiger partial charge in [-0.15, -0.1) is 0 Å². The van der Waals surface area contributed by atoms with E-state index in [1.807, 2.05) is 54.4 Å². The third-order valence-corrected chi connectivity index (χ3v) is 4.41. The molecule has 0 radical (unpaired) electrons. The van der Waals surface area contributed by atoms with Crippen LogP contribution in [-0.2, 0) is 9.59 Å². The summed E-state index contributed by atoms with van der Waals surface area (Å²) in [6.45, 7) is 24.8. The van der Waals surface area contributed by atoms with Crippen molar-refractivity contribution in [3.63, 3.8) is 0 Å². The molecule has 0 aliphatic heterocycles. The second-order valence-corrected chi connectivity index (χ2v) is 6.88. The Bertz CT molecular complexity index is 639. The van der Waals surface area contributed by atoms with E-state index in [9.17, 15) is 5.11 Å². The lowest BCUT2D eigenvalue weighted by molar-refractivity contribution is -0.0987. The molecule has 1 aromatic carbocycles. The van der Waals surface area contributed by atoms with E-state index in [0.29, 0.717) is 5.76 Å². The predicted octanol–water partition coefficient (Wildman–Crippen LogP) is 7.64. The average Bonchev–Trinajstić information content (AvgIpc) is 2.85. The number of hydrogen-bond donors (Lipinski definition) is 2. The molecule has 0 bridgehead atoms. The molecule has 5 heteroatoms. The Morgan fingerprint density at radius 2 is 1.42 bits per heavy atom. The summed E-state index contributed by atoms with van der Waals surface area (Å²) < 4.78 is 0. The summed E-state index contributed by atoms with van der Waals surface area (Å²) in [4.78, 5) is 20.3. The SMILES string of the molecule is C=O.C=O.CC.CC1=CCCC(O)=C1C.CC=Nc1c(C)cccc1C.CCCNCCC. The molecular weight excluding hydrogens is 412 g/mol. The molecule has 5 nitrogen and oxygen atoms in total. The highest BCUT2D eigenvalue weighted by Gasteiger charge is 2.05. The van der Waals surface area contributed by atoms with E-state index in [0.717, 1.165) is 24.1 Å². The fourth-order valence-corrected chi connectivity index (χ4v) is 2.61. The van der Waals surface area contributed by atoms with E-state index < -0.39 is 0 Å². The predicted molar refractivity (Wildman–Crippen MR) is 147 cm³/mol. The summed E-state index contributed by atoms with van der Waals surface area (Å²) in [5.74, 6) is 0.565. The first kappa shape index (κ1) is 37.8. The molecule has 2 rings (SSSR count). The summed E-state index contributed by atoms with van der Waals surface area (Å²) >= 11 is 0. The van der Waals surface area contributed by atoms with Crippen LogP contribution in [0.4, 0.5) is 5.69 Å². The first-order chi connectivity index (χ1) is 15.9. The normalized spacial score (nSPS) is 11.5. The summed E-state index contributed by atoms with van der Waals surface area (Å²) in [5.41, 5.74) is 5.86. The lowest BCUT2D eigenvalue weighted by Crippen LogP contribution is -2.14. The zero-order valence-corrected chi connectivity index (χ0v) is 22.8. The maximum Gasteiger partial charge on any atom is 0.106 e. The van der Waals surface area contributed by atoms with Crippen LogP contribution in [0.3, 0.4) is 0 Å². The van der Waals surface area contributed by atoms with Gasteiger partial charge in [0.05, 0.1) is 11.4 Å². The highest BCUT2D eigenvalue weighted by molar-refractivity contribution is 5.64. The Morgan fingerprint density at radius 1 is 0.970 bits per heavy atom. The molecule has 0 fully saturated rings. The van der Waals surface area contributed by atoms with Gasteiger partial charge < -0.3 is 20.0 Å². The van der Waals surface area contributed by atoms with Gasteiger partial charge in [-0.05, 0) is 89.2 Å². The lowest BCUT2D eigenvalue weighted by atomic mass is 9.99. The number of carbonyl (C=O) groups excluding carboxylic acids is 2.